The van der Waals surface area contributed by atoms with Gasteiger partial charge >= 0.3 is 0 Å². The zero-order valence-electron chi connectivity index (χ0n) is 11.0. The topological polar surface area (TPSA) is 79.8 Å². The molecule has 1 amide bonds. The normalized spacial score (nSPS) is 10.3. The molecule has 0 aliphatic rings. The van der Waals surface area contributed by atoms with Gasteiger partial charge in [-0.25, -0.2) is 4.98 Å². The van der Waals surface area contributed by atoms with E-state index in [2.05, 4.69) is 25.0 Å². The third-order valence-electron chi connectivity index (χ3n) is 2.51. The van der Waals surface area contributed by atoms with E-state index in [1.807, 2.05) is 25.1 Å². The minimum Gasteiger partial charge on any atom is -0.330 e. The van der Waals surface area contributed by atoms with Gasteiger partial charge in [0, 0.05) is 11.6 Å². The van der Waals surface area contributed by atoms with Crippen LogP contribution in [0, 0.1) is 6.92 Å². The van der Waals surface area contributed by atoms with Crippen molar-refractivity contribution in [2.45, 2.75) is 6.92 Å². The number of thiazole rings is 1. The Balaban J connectivity index is 1.68. The van der Waals surface area contributed by atoms with Gasteiger partial charge in [0.05, 0.1) is 17.6 Å². The lowest BCUT2D eigenvalue weighted by atomic mass is 10.4. The van der Waals surface area contributed by atoms with Crippen molar-refractivity contribution in [1.29, 1.82) is 0 Å². The predicted molar refractivity (Wildman–Crippen MR) is 84.4 cm³/mol. The van der Waals surface area contributed by atoms with Gasteiger partial charge in [0.25, 0.3) is 5.91 Å². The summed E-state index contributed by atoms with van der Waals surface area (Å²) in [6.45, 7) is 1.88. The summed E-state index contributed by atoms with van der Waals surface area (Å²) < 4.78 is 4.11. The number of amides is 1. The van der Waals surface area contributed by atoms with Crippen LogP contribution < -0.4 is 10.6 Å². The lowest BCUT2D eigenvalue weighted by Crippen LogP contribution is -2.11. The Labute approximate surface area is 129 Å². The Morgan fingerprint density at radius 1 is 1.38 bits per heavy atom. The fraction of sp³-hybridized carbons (Fsp3) is 0.0769. The maximum atomic E-state index is 12.1. The number of nitrogens with zero attached hydrogens (tertiary/aromatic N) is 3. The SMILES string of the molecule is Cc1cc(NC(=O)c2csc(Nc3cccnc3)n2)sn1. The van der Waals surface area contributed by atoms with Crippen LogP contribution in [0.2, 0.25) is 0 Å². The molecule has 3 heterocycles. The smallest absolute Gasteiger partial charge is 0.275 e. The van der Waals surface area contributed by atoms with Gasteiger partial charge in [-0.05, 0) is 36.7 Å². The average molecular weight is 317 g/mol. The molecule has 0 saturated heterocycles. The van der Waals surface area contributed by atoms with Gasteiger partial charge in [-0.15, -0.1) is 11.3 Å². The molecular formula is C13H11N5OS2. The van der Waals surface area contributed by atoms with Crippen LogP contribution in [0.4, 0.5) is 15.8 Å². The van der Waals surface area contributed by atoms with Crippen molar-refractivity contribution in [3.63, 3.8) is 0 Å². The number of aryl methyl sites for hydroxylation is 1. The summed E-state index contributed by atoms with van der Waals surface area (Å²) in [7, 11) is 0. The van der Waals surface area contributed by atoms with E-state index in [1.54, 1.807) is 17.8 Å². The number of pyridine rings is 1. The number of nitrogens with one attached hydrogen (secondary N) is 2. The van der Waals surface area contributed by atoms with Crippen LogP contribution in [0.25, 0.3) is 0 Å². The summed E-state index contributed by atoms with van der Waals surface area (Å²) in [4.78, 5) is 20.3. The molecule has 0 atom stereocenters. The second kappa shape index (κ2) is 5.98. The molecule has 0 fully saturated rings. The summed E-state index contributed by atoms with van der Waals surface area (Å²) >= 11 is 2.62. The second-order valence-corrected chi connectivity index (χ2v) is 5.85. The van der Waals surface area contributed by atoms with Crippen LogP contribution in [0.3, 0.4) is 0 Å². The molecule has 0 spiro atoms. The van der Waals surface area contributed by atoms with Crippen molar-refractivity contribution in [2.24, 2.45) is 0 Å². The highest BCUT2D eigenvalue weighted by molar-refractivity contribution is 7.14. The first-order valence-corrected chi connectivity index (χ1v) is 7.73. The van der Waals surface area contributed by atoms with Gasteiger partial charge in [0.1, 0.15) is 10.7 Å². The number of carbonyl (C=O) groups is 1. The van der Waals surface area contributed by atoms with Crippen LogP contribution in [0.5, 0.6) is 0 Å². The largest absolute Gasteiger partial charge is 0.330 e. The molecule has 3 aromatic heterocycles. The molecule has 21 heavy (non-hydrogen) atoms. The molecule has 2 N–H and O–H groups in total. The molecule has 0 unspecified atom stereocenters. The van der Waals surface area contributed by atoms with E-state index in [-0.39, 0.29) is 5.91 Å². The Kier molecular flexibility index (Phi) is 3.89. The quantitative estimate of drug-likeness (QED) is 0.772. The van der Waals surface area contributed by atoms with Gasteiger partial charge in [0.2, 0.25) is 0 Å². The molecular weight excluding hydrogens is 306 g/mol. The van der Waals surface area contributed by atoms with Crippen LogP contribution in [-0.2, 0) is 0 Å². The third kappa shape index (κ3) is 3.41. The monoisotopic (exact) mass is 317 g/mol. The molecule has 0 aliphatic heterocycles. The van der Waals surface area contributed by atoms with E-state index < -0.39 is 0 Å². The molecule has 106 valence electrons. The van der Waals surface area contributed by atoms with Gasteiger partial charge < -0.3 is 10.6 Å². The van der Waals surface area contributed by atoms with Crippen molar-refractivity contribution in [2.75, 3.05) is 10.6 Å². The van der Waals surface area contributed by atoms with Gasteiger partial charge in [-0.3, -0.25) is 9.78 Å². The highest BCUT2D eigenvalue weighted by atomic mass is 32.1. The Morgan fingerprint density at radius 3 is 3.00 bits per heavy atom. The maximum Gasteiger partial charge on any atom is 0.275 e. The summed E-state index contributed by atoms with van der Waals surface area (Å²) in [6.07, 6.45) is 3.39. The average Bonchev–Trinajstić information content (AvgIpc) is 3.09. The minimum atomic E-state index is -0.242. The molecule has 0 radical (unpaired) electrons. The fourth-order valence-electron chi connectivity index (χ4n) is 1.59. The summed E-state index contributed by atoms with van der Waals surface area (Å²) in [5.41, 5.74) is 2.09. The van der Waals surface area contributed by atoms with E-state index >= 15 is 0 Å². The van der Waals surface area contributed by atoms with E-state index in [4.69, 9.17) is 0 Å². The lowest BCUT2D eigenvalue weighted by Gasteiger charge is -2.00. The first-order chi connectivity index (χ1) is 10.2. The molecule has 3 rings (SSSR count). The minimum absolute atomic E-state index is 0.242. The van der Waals surface area contributed by atoms with Crippen molar-refractivity contribution in [1.82, 2.24) is 14.3 Å². The fourth-order valence-corrected chi connectivity index (χ4v) is 2.96. The Bertz CT molecular complexity index is 753. The standard InChI is InChI=1S/C13H11N5OS2/c1-8-5-11(21-18-8)17-12(19)10-7-20-13(16-10)15-9-3-2-4-14-6-9/h2-7H,1H3,(H,15,16)(H,17,19). The van der Waals surface area contributed by atoms with Crippen LogP contribution in [-0.4, -0.2) is 20.2 Å². The molecule has 8 heteroatoms. The second-order valence-electron chi connectivity index (χ2n) is 4.19. The van der Waals surface area contributed by atoms with E-state index in [9.17, 15) is 4.79 Å². The maximum absolute atomic E-state index is 12.1. The Hall–Kier alpha value is -2.32. The van der Waals surface area contributed by atoms with Crippen molar-refractivity contribution >= 4 is 44.6 Å². The lowest BCUT2D eigenvalue weighted by molar-refractivity contribution is 0.102. The van der Waals surface area contributed by atoms with Crippen LogP contribution in [0.15, 0.2) is 36.0 Å². The Morgan fingerprint density at radius 2 is 2.29 bits per heavy atom. The molecule has 3 aromatic rings. The van der Waals surface area contributed by atoms with E-state index in [0.717, 1.165) is 11.4 Å². The summed E-state index contributed by atoms with van der Waals surface area (Å²) in [5, 5.41) is 8.95. The van der Waals surface area contributed by atoms with Crippen LogP contribution in [0.1, 0.15) is 16.2 Å². The number of aromatic nitrogens is 3. The summed E-state index contributed by atoms with van der Waals surface area (Å²) in [5.74, 6) is -0.242. The number of rotatable bonds is 4. The van der Waals surface area contributed by atoms with Crippen molar-refractivity contribution in [3.05, 3.63) is 47.4 Å². The molecule has 0 saturated carbocycles. The number of carbonyl (C=O) groups excluding carboxylic acids is 1. The zero-order valence-corrected chi connectivity index (χ0v) is 12.7. The van der Waals surface area contributed by atoms with Crippen molar-refractivity contribution in [3.8, 4) is 0 Å². The highest BCUT2D eigenvalue weighted by Gasteiger charge is 2.12. The first kappa shape index (κ1) is 13.7. The summed E-state index contributed by atoms with van der Waals surface area (Å²) in [6, 6.07) is 5.54. The van der Waals surface area contributed by atoms with Crippen molar-refractivity contribution < 1.29 is 4.79 Å². The number of anilines is 3. The first-order valence-electron chi connectivity index (χ1n) is 6.08. The zero-order chi connectivity index (χ0) is 14.7. The molecule has 0 aromatic carbocycles. The number of hydrogen-bond acceptors (Lipinski definition) is 7. The van der Waals surface area contributed by atoms with Crippen LogP contribution >= 0.6 is 22.9 Å². The van der Waals surface area contributed by atoms with Gasteiger partial charge in [-0.2, -0.15) is 4.37 Å². The highest BCUT2D eigenvalue weighted by Crippen LogP contribution is 2.22. The molecule has 0 bridgehead atoms. The molecule has 0 aliphatic carbocycles. The van der Waals surface area contributed by atoms with E-state index in [0.29, 0.717) is 15.8 Å². The predicted octanol–water partition coefficient (Wildman–Crippen LogP) is 3.30. The van der Waals surface area contributed by atoms with E-state index in [1.165, 1.54) is 22.9 Å². The number of hydrogen-bond donors (Lipinski definition) is 2. The molecule has 6 nitrogen and oxygen atoms in total. The van der Waals surface area contributed by atoms with Gasteiger partial charge in [0.15, 0.2) is 5.13 Å². The van der Waals surface area contributed by atoms with Gasteiger partial charge in [-0.1, -0.05) is 0 Å². The third-order valence-corrected chi connectivity index (χ3v) is 4.07.